The zero-order chi connectivity index (χ0) is 20.8. The maximum atomic E-state index is 11.5. The molecule has 2 aromatic heterocycles. The van der Waals surface area contributed by atoms with Gasteiger partial charge in [0.1, 0.15) is 30.2 Å². The maximum Gasteiger partial charge on any atom is 0.272 e. The number of nitrogen functional groups attached to an aromatic ring is 1. The van der Waals surface area contributed by atoms with E-state index in [1.165, 1.54) is 35.4 Å². The first-order chi connectivity index (χ1) is 13.9. The second-order valence-electron chi connectivity index (χ2n) is 6.73. The van der Waals surface area contributed by atoms with E-state index >= 15 is 0 Å². The molecule has 29 heavy (non-hydrogen) atoms. The molecule has 1 fully saturated rings. The van der Waals surface area contributed by atoms with Crippen LogP contribution in [0.15, 0.2) is 36.9 Å². The molecule has 12 heteroatoms. The average Bonchev–Trinajstić information content (AvgIpc) is 3.25. The van der Waals surface area contributed by atoms with E-state index in [1.54, 1.807) is 6.07 Å². The predicted octanol–water partition coefficient (Wildman–Crippen LogP) is -0.675. The topological polar surface area (TPSA) is 183 Å². The van der Waals surface area contributed by atoms with Gasteiger partial charge in [-0.25, -0.2) is 15.0 Å². The molecule has 1 aliphatic heterocycles. The third kappa shape index (κ3) is 2.89. The minimum Gasteiger partial charge on any atom is -0.394 e. The Bertz CT molecular complexity index is 1070. The largest absolute Gasteiger partial charge is 0.394 e. The lowest BCUT2D eigenvalue weighted by molar-refractivity contribution is -0.385. The van der Waals surface area contributed by atoms with Gasteiger partial charge in [-0.2, -0.15) is 0 Å². The Kier molecular flexibility index (Phi) is 4.62. The Morgan fingerprint density at radius 3 is 2.72 bits per heavy atom. The molecule has 12 nitrogen and oxygen atoms in total. The van der Waals surface area contributed by atoms with Gasteiger partial charge in [0, 0.05) is 18.1 Å². The summed E-state index contributed by atoms with van der Waals surface area (Å²) in [5, 5.41) is 42.4. The van der Waals surface area contributed by atoms with E-state index in [9.17, 15) is 25.4 Å². The van der Waals surface area contributed by atoms with Crippen LogP contribution < -0.4 is 5.73 Å². The number of ether oxygens (including phenoxy) is 1. The van der Waals surface area contributed by atoms with Crippen LogP contribution in [0.2, 0.25) is 0 Å². The molecule has 5 N–H and O–H groups in total. The quantitative estimate of drug-likeness (QED) is 0.315. The molecule has 1 aliphatic rings. The number of para-hydroxylation sites is 1. The third-order valence-electron chi connectivity index (χ3n) is 5.10. The Morgan fingerprint density at radius 1 is 1.28 bits per heavy atom. The summed E-state index contributed by atoms with van der Waals surface area (Å²) in [6, 6.07) is 5.99. The molecule has 4 atom stereocenters. The minimum absolute atomic E-state index is 0.0985. The zero-order valence-corrected chi connectivity index (χ0v) is 15.0. The lowest BCUT2D eigenvalue weighted by atomic mass is 9.94. The van der Waals surface area contributed by atoms with Gasteiger partial charge in [0.15, 0.2) is 17.2 Å². The van der Waals surface area contributed by atoms with Crippen molar-refractivity contribution >= 4 is 22.7 Å². The summed E-state index contributed by atoms with van der Waals surface area (Å²) in [6.07, 6.45) is -1.80. The monoisotopic (exact) mass is 402 g/mol. The summed E-state index contributed by atoms with van der Waals surface area (Å²) in [5.41, 5.74) is 4.64. The molecule has 1 aromatic carbocycles. The normalized spacial score (nSPS) is 26.8. The number of aliphatic hydroxyl groups excluding tert-OH is 3. The molecule has 0 aliphatic carbocycles. The number of nitro groups is 1. The molecule has 152 valence electrons. The number of aliphatic hydroxyl groups is 3. The Morgan fingerprint density at radius 2 is 2.03 bits per heavy atom. The van der Waals surface area contributed by atoms with E-state index in [4.69, 9.17) is 10.5 Å². The number of fused-ring (bicyclic) bond motifs is 1. The number of nitrogens with zero attached hydrogens (tertiary/aromatic N) is 5. The Hall–Kier alpha value is -3.19. The van der Waals surface area contributed by atoms with Gasteiger partial charge in [0.05, 0.1) is 17.9 Å². The van der Waals surface area contributed by atoms with Gasteiger partial charge in [0.2, 0.25) is 0 Å². The van der Waals surface area contributed by atoms with Crippen molar-refractivity contribution in [2.45, 2.75) is 30.5 Å². The molecule has 1 saturated heterocycles. The van der Waals surface area contributed by atoms with Crippen molar-refractivity contribution < 1.29 is 25.0 Å². The van der Waals surface area contributed by atoms with Crippen LogP contribution >= 0.6 is 0 Å². The molecule has 0 unspecified atom stereocenters. The van der Waals surface area contributed by atoms with Gasteiger partial charge in [-0.15, -0.1) is 0 Å². The van der Waals surface area contributed by atoms with Crippen LogP contribution in [0.25, 0.3) is 11.2 Å². The molecule has 0 radical (unpaired) electrons. The predicted molar refractivity (Wildman–Crippen MR) is 98.5 cm³/mol. The second kappa shape index (κ2) is 7.00. The van der Waals surface area contributed by atoms with Gasteiger partial charge in [-0.3, -0.25) is 14.7 Å². The van der Waals surface area contributed by atoms with Crippen LogP contribution in [0.3, 0.4) is 0 Å². The fourth-order valence-corrected chi connectivity index (χ4v) is 3.69. The average molecular weight is 402 g/mol. The molecule has 3 heterocycles. The lowest BCUT2D eigenvalue weighted by Crippen LogP contribution is -2.47. The molecule has 0 spiro atoms. The van der Waals surface area contributed by atoms with Gasteiger partial charge in [-0.1, -0.05) is 18.2 Å². The van der Waals surface area contributed by atoms with Crippen molar-refractivity contribution in [2.24, 2.45) is 0 Å². The highest BCUT2D eigenvalue weighted by atomic mass is 16.6. The number of nitro benzene ring substituents is 1. The van der Waals surface area contributed by atoms with E-state index in [1.807, 2.05) is 0 Å². The maximum absolute atomic E-state index is 11.5. The van der Waals surface area contributed by atoms with Crippen LogP contribution in [0.4, 0.5) is 11.5 Å². The molecule has 0 amide bonds. The van der Waals surface area contributed by atoms with Crippen molar-refractivity contribution in [3.05, 3.63) is 52.6 Å². The first-order valence-corrected chi connectivity index (χ1v) is 8.70. The zero-order valence-electron chi connectivity index (χ0n) is 15.0. The molecular formula is C17H18N6O6. The molecule has 0 bridgehead atoms. The summed E-state index contributed by atoms with van der Waals surface area (Å²) < 4.78 is 7.26. The number of benzene rings is 1. The van der Waals surface area contributed by atoms with Crippen molar-refractivity contribution in [2.75, 3.05) is 12.3 Å². The number of imidazole rings is 1. The SMILES string of the molecule is Nc1ncnc2c1ncn2[C@]1(Cc2ccccc2[N+](=O)[O-])O[C@H](CO)[C@@H](O)[C@H]1O. The van der Waals surface area contributed by atoms with Crippen LogP contribution in [-0.4, -0.2) is 64.7 Å². The summed E-state index contributed by atoms with van der Waals surface area (Å²) >= 11 is 0. The van der Waals surface area contributed by atoms with E-state index in [0.29, 0.717) is 0 Å². The summed E-state index contributed by atoms with van der Waals surface area (Å²) in [4.78, 5) is 23.1. The molecule has 0 saturated carbocycles. The highest BCUT2D eigenvalue weighted by Gasteiger charge is 2.56. The number of hydrogen-bond acceptors (Lipinski definition) is 10. The Balaban J connectivity index is 1.92. The molecule has 3 aromatic rings. The second-order valence-corrected chi connectivity index (χ2v) is 6.73. The highest BCUT2D eigenvalue weighted by molar-refractivity contribution is 5.81. The fraction of sp³-hybridized carbons (Fsp3) is 0.353. The number of rotatable bonds is 5. The first-order valence-electron chi connectivity index (χ1n) is 8.70. The number of nitrogens with two attached hydrogens (primary N) is 1. The Labute approximate surface area is 163 Å². The fourth-order valence-electron chi connectivity index (χ4n) is 3.69. The van der Waals surface area contributed by atoms with Crippen molar-refractivity contribution in [1.29, 1.82) is 0 Å². The van der Waals surface area contributed by atoms with Gasteiger partial charge < -0.3 is 25.8 Å². The first kappa shape index (κ1) is 19.1. The number of aromatic nitrogens is 4. The summed E-state index contributed by atoms with van der Waals surface area (Å²) in [7, 11) is 0. The van der Waals surface area contributed by atoms with Crippen LogP contribution in [-0.2, 0) is 16.9 Å². The van der Waals surface area contributed by atoms with Gasteiger partial charge >= 0.3 is 0 Å². The van der Waals surface area contributed by atoms with E-state index < -0.39 is 35.6 Å². The third-order valence-corrected chi connectivity index (χ3v) is 5.10. The van der Waals surface area contributed by atoms with Crippen LogP contribution in [0.1, 0.15) is 5.56 Å². The number of anilines is 1. The molecule has 4 rings (SSSR count). The smallest absolute Gasteiger partial charge is 0.272 e. The van der Waals surface area contributed by atoms with Crippen LogP contribution in [0.5, 0.6) is 0 Å². The van der Waals surface area contributed by atoms with E-state index in [-0.39, 0.29) is 34.7 Å². The van der Waals surface area contributed by atoms with Crippen molar-refractivity contribution in [1.82, 2.24) is 19.5 Å². The standard InChI is InChI=1S/C17H18N6O6/c18-15-12-16(20-7-19-15)22(8-21-12)17(14(26)13(25)11(6-24)29-17)5-9-3-1-2-4-10(9)23(27)28/h1-4,7-8,11,13-14,24-26H,5-6H2,(H2,18,19,20)/t11-,13-,14-,17-/m1/s1. The molecular weight excluding hydrogens is 384 g/mol. The van der Waals surface area contributed by atoms with E-state index in [2.05, 4.69) is 15.0 Å². The van der Waals surface area contributed by atoms with Gasteiger partial charge in [-0.05, 0) is 0 Å². The minimum atomic E-state index is -1.73. The van der Waals surface area contributed by atoms with Crippen LogP contribution in [0, 0.1) is 10.1 Å². The van der Waals surface area contributed by atoms with Crippen molar-refractivity contribution in [3.63, 3.8) is 0 Å². The highest BCUT2D eigenvalue weighted by Crippen LogP contribution is 2.41. The van der Waals surface area contributed by atoms with Crippen molar-refractivity contribution in [3.8, 4) is 0 Å². The summed E-state index contributed by atoms with van der Waals surface area (Å²) in [6.45, 7) is -0.569. The van der Waals surface area contributed by atoms with E-state index in [0.717, 1.165) is 0 Å². The summed E-state index contributed by atoms with van der Waals surface area (Å²) in [5.74, 6) is 0.0985. The van der Waals surface area contributed by atoms with Gasteiger partial charge in [0.25, 0.3) is 5.69 Å². The lowest BCUT2D eigenvalue weighted by Gasteiger charge is -2.33. The number of hydrogen-bond donors (Lipinski definition) is 4.